The zero-order chi connectivity index (χ0) is 40.4. The first kappa shape index (κ1) is 34.1. The van der Waals surface area contributed by atoms with Crippen LogP contribution in [-0.4, -0.2) is 9.97 Å². The highest BCUT2D eigenvalue weighted by Gasteiger charge is 2.37. The fourth-order valence-corrected chi connectivity index (χ4v) is 9.89. The largest absolute Gasteiger partial charge is 0.456 e. The molecule has 4 nitrogen and oxygen atoms in total. The van der Waals surface area contributed by atoms with Crippen LogP contribution in [-0.2, 0) is 5.41 Å². The topological polar surface area (TPSA) is 52.1 Å². The van der Waals surface area contributed by atoms with Crippen molar-refractivity contribution >= 4 is 65.4 Å². The summed E-state index contributed by atoms with van der Waals surface area (Å²) in [4.78, 5) is 10.5. The molecule has 0 aliphatic heterocycles. The summed E-state index contributed by atoms with van der Waals surface area (Å²) in [6, 6.07) is 64.8. The molecule has 0 amide bonds. The molecule has 0 bridgehead atoms. The van der Waals surface area contributed by atoms with Crippen LogP contribution >= 0.6 is 0 Å². The number of hydrogen-bond donors (Lipinski definition) is 0. The van der Waals surface area contributed by atoms with Crippen LogP contribution in [0.5, 0.6) is 0 Å². The van der Waals surface area contributed by atoms with E-state index in [4.69, 9.17) is 18.8 Å². The van der Waals surface area contributed by atoms with Gasteiger partial charge in [-0.1, -0.05) is 135 Å². The van der Waals surface area contributed by atoms with Gasteiger partial charge >= 0.3 is 0 Å². The Hall–Kier alpha value is -7.82. The van der Waals surface area contributed by atoms with Gasteiger partial charge in [0, 0.05) is 43.7 Å². The average Bonchev–Trinajstić information content (AvgIpc) is 3.93. The van der Waals surface area contributed by atoms with Gasteiger partial charge in [0.05, 0.1) is 11.4 Å². The Bertz CT molecular complexity index is 3800. The zero-order valence-corrected chi connectivity index (χ0v) is 33.5. The highest BCUT2D eigenvalue weighted by Crippen LogP contribution is 2.53. The van der Waals surface area contributed by atoms with Gasteiger partial charge in [-0.3, -0.25) is 0 Å². The molecule has 0 saturated carbocycles. The van der Waals surface area contributed by atoms with Crippen molar-refractivity contribution in [2.45, 2.75) is 19.3 Å². The summed E-state index contributed by atoms with van der Waals surface area (Å²) in [5, 5.41) is 9.10. The van der Waals surface area contributed by atoms with Crippen molar-refractivity contribution in [3.63, 3.8) is 0 Å². The standard InChI is InChI=1S/C57H36N2O2/c1-57(2)47-17-10-16-42(55(47)46-28-34-13-6-7-14-35(34)29-48(46)57)50-32-49(58-56(59-50)33-11-4-3-5-12-33)40-22-21-36-25-37(19-20-38(36)26-40)39-23-24-52-43(27-39)45-31-53-44(30-54(45)61-52)41-15-8-9-18-51(41)60-53/h3-32H,1-2H3. The van der Waals surface area contributed by atoms with Gasteiger partial charge in [-0.05, 0) is 116 Å². The number of nitrogens with zero attached hydrogens (tertiary/aromatic N) is 2. The summed E-state index contributed by atoms with van der Waals surface area (Å²) in [6.45, 7) is 4.68. The Labute approximate surface area is 351 Å². The highest BCUT2D eigenvalue weighted by atomic mass is 16.3. The van der Waals surface area contributed by atoms with E-state index >= 15 is 0 Å². The van der Waals surface area contributed by atoms with Gasteiger partial charge in [-0.15, -0.1) is 0 Å². The Morgan fingerprint density at radius 2 is 0.967 bits per heavy atom. The lowest BCUT2D eigenvalue weighted by atomic mass is 9.81. The summed E-state index contributed by atoms with van der Waals surface area (Å²) in [5.41, 5.74) is 15.8. The molecule has 0 saturated heterocycles. The molecule has 0 atom stereocenters. The van der Waals surface area contributed by atoms with Crippen LogP contribution in [0.2, 0.25) is 0 Å². The number of fused-ring (bicyclic) bond motifs is 11. The molecule has 0 radical (unpaired) electrons. The third-order valence-corrected chi connectivity index (χ3v) is 13.0. The van der Waals surface area contributed by atoms with E-state index in [0.29, 0.717) is 5.82 Å². The Kier molecular flexibility index (Phi) is 7.04. The van der Waals surface area contributed by atoms with Gasteiger partial charge in [0.1, 0.15) is 22.3 Å². The van der Waals surface area contributed by atoms with Crippen LogP contribution in [0.1, 0.15) is 25.0 Å². The van der Waals surface area contributed by atoms with E-state index < -0.39 is 0 Å². The number of hydrogen-bond acceptors (Lipinski definition) is 4. The van der Waals surface area contributed by atoms with Gasteiger partial charge in [-0.25, -0.2) is 9.97 Å². The smallest absolute Gasteiger partial charge is 0.160 e. The lowest BCUT2D eigenvalue weighted by Gasteiger charge is -2.22. The van der Waals surface area contributed by atoms with Gasteiger partial charge in [0.25, 0.3) is 0 Å². The molecule has 1 aliphatic rings. The fraction of sp³-hybridized carbons (Fsp3) is 0.0526. The first-order valence-electron chi connectivity index (χ1n) is 20.9. The molecule has 0 spiro atoms. The monoisotopic (exact) mass is 780 g/mol. The lowest BCUT2D eigenvalue weighted by molar-refractivity contribution is 0.661. The Balaban J connectivity index is 0.916. The van der Waals surface area contributed by atoms with Gasteiger partial charge in [0.15, 0.2) is 5.82 Å². The van der Waals surface area contributed by atoms with E-state index in [0.717, 1.165) is 93.9 Å². The van der Waals surface area contributed by atoms with Crippen LogP contribution in [0.3, 0.4) is 0 Å². The van der Waals surface area contributed by atoms with Crippen LogP contribution in [0, 0.1) is 0 Å². The molecule has 0 fully saturated rings. The molecule has 3 heterocycles. The number of aromatic nitrogens is 2. The molecule has 1 aliphatic carbocycles. The summed E-state index contributed by atoms with van der Waals surface area (Å²) >= 11 is 0. The summed E-state index contributed by atoms with van der Waals surface area (Å²) in [6.07, 6.45) is 0. The molecule has 13 rings (SSSR count). The number of furan rings is 2. The normalized spacial score (nSPS) is 13.2. The maximum Gasteiger partial charge on any atom is 0.160 e. The van der Waals surface area contributed by atoms with Crippen LogP contribution in [0.4, 0.5) is 0 Å². The maximum atomic E-state index is 6.38. The molecule has 12 aromatic rings. The number of rotatable bonds is 4. The highest BCUT2D eigenvalue weighted by molar-refractivity contribution is 6.15. The van der Waals surface area contributed by atoms with E-state index in [1.54, 1.807) is 0 Å². The minimum atomic E-state index is -0.152. The van der Waals surface area contributed by atoms with E-state index in [9.17, 15) is 0 Å². The second kappa shape index (κ2) is 12.6. The predicted molar refractivity (Wildman–Crippen MR) is 251 cm³/mol. The van der Waals surface area contributed by atoms with Crippen molar-refractivity contribution in [3.05, 3.63) is 193 Å². The molecule has 3 aromatic heterocycles. The minimum Gasteiger partial charge on any atom is -0.456 e. The molecular weight excluding hydrogens is 745 g/mol. The molecule has 61 heavy (non-hydrogen) atoms. The summed E-state index contributed by atoms with van der Waals surface area (Å²) in [5.74, 6) is 0.709. The first-order valence-corrected chi connectivity index (χ1v) is 20.9. The van der Waals surface area contributed by atoms with Crippen molar-refractivity contribution in [1.82, 2.24) is 9.97 Å². The van der Waals surface area contributed by atoms with Crippen LogP contribution in [0.25, 0.3) is 122 Å². The van der Waals surface area contributed by atoms with E-state index in [1.807, 2.05) is 24.3 Å². The Morgan fingerprint density at radius 1 is 0.361 bits per heavy atom. The quantitative estimate of drug-likeness (QED) is 0.178. The second-order valence-electron chi connectivity index (χ2n) is 17.0. The first-order chi connectivity index (χ1) is 29.9. The van der Waals surface area contributed by atoms with Gasteiger partial charge < -0.3 is 8.83 Å². The molecule has 4 heteroatoms. The van der Waals surface area contributed by atoms with E-state index in [2.05, 4.69) is 172 Å². The molecular formula is C57H36N2O2. The molecule has 0 N–H and O–H groups in total. The fourth-order valence-electron chi connectivity index (χ4n) is 9.89. The summed E-state index contributed by atoms with van der Waals surface area (Å²) in [7, 11) is 0. The van der Waals surface area contributed by atoms with Crippen LogP contribution in [0.15, 0.2) is 191 Å². The average molecular weight is 781 g/mol. The third kappa shape index (κ3) is 5.19. The van der Waals surface area contributed by atoms with Crippen molar-refractivity contribution in [2.24, 2.45) is 0 Å². The lowest BCUT2D eigenvalue weighted by Crippen LogP contribution is -2.14. The molecule has 286 valence electrons. The minimum absolute atomic E-state index is 0.152. The van der Waals surface area contributed by atoms with E-state index in [-0.39, 0.29) is 5.41 Å². The van der Waals surface area contributed by atoms with E-state index in [1.165, 1.54) is 33.0 Å². The second-order valence-corrected chi connectivity index (χ2v) is 17.0. The van der Waals surface area contributed by atoms with Crippen LogP contribution < -0.4 is 0 Å². The Morgan fingerprint density at radius 3 is 1.79 bits per heavy atom. The van der Waals surface area contributed by atoms with Gasteiger partial charge in [0.2, 0.25) is 0 Å². The molecule has 0 unspecified atom stereocenters. The maximum absolute atomic E-state index is 6.38. The predicted octanol–water partition coefficient (Wildman–Crippen LogP) is 15.6. The SMILES string of the molecule is CC1(C)c2cc3ccccc3cc2-c2c(-c3cc(-c4ccc5cc(-c6ccc7oc8cc9c(cc8c7c6)oc6ccccc69)ccc5c4)nc(-c4ccccc4)n3)cccc21. The number of benzene rings is 9. The van der Waals surface area contributed by atoms with Crippen molar-refractivity contribution < 1.29 is 8.83 Å². The third-order valence-electron chi connectivity index (χ3n) is 13.0. The van der Waals surface area contributed by atoms with Crippen molar-refractivity contribution in [1.29, 1.82) is 0 Å². The summed E-state index contributed by atoms with van der Waals surface area (Å²) < 4.78 is 12.6. The molecule has 9 aromatic carbocycles. The van der Waals surface area contributed by atoms with Crippen molar-refractivity contribution in [2.75, 3.05) is 0 Å². The van der Waals surface area contributed by atoms with Crippen molar-refractivity contribution in [3.8, 4) is 56.2 Å². The zero-order valence-electron chi connectivity index (χ0n) is 33.5. The number of para-hydroxylation sites is 1. The van der Waals surface area contributed by atoms with Gasteiger partial charge in [-0.2, -0.15) is 0 Å².